The number of fused-ring (bicyclic) bond motifs is 1. The molecule has 108 valence electrons. The van der Waals surface area contributed by atoms with Gasteiger partial charge in [-0.05, 0) is 24.5 Å². The zero-order chi connectivity index (χ0) is 15.0. The number of amides is 2. The molecule has 3 rings (SSSR count). The Labute approximate surface area is 123 Å². The molecule has 1 aromatic heterocycles. The highest BCUT2D eigenvalue weighted by atomic mass is 32.1. The Morgan fingerprint density at radius 1 is 1.52 bits per heavy atom. The zero-order valence-corrected chi connectivity index (χ0v) is 11.8. The number of nitrogens with zero attached hydrogens (tertiary/aromatic N) is 2. The Morgan fingerprint density at radius 3 is 3.05 bits per heavy atom. The summed E-state index contributed by atoms with van der Waals surface area (Å²) in [4.78, 5) is 23.8. The average molecular weight is 305 g/mol. The number of anilines is 3. The number of rotatable bonds is 2. The molecule has 2 heterocycles. The van der Waals surface area contributed by atoms with Crippen LogP contribution >= 0.6 is 11.5 Å². The number of hydrogen-bond acceptors (Lipinski definition) is 7. The predicted octanol–water partition coefficient (Wildman–Crippen LogP) is 1.01. The molecule has 2 amide bonds. The van der Waals surface area contributed by atoms with Crippen molar-refractivity contribution in [3.8, 4) is 5.75 Å². The molecule has 4 N–H and O–H groups in total. The van der Waals surface area contributed by atoms with Crippen molar-refractivity contribution in [3.05, 3.63) is 22.7 Å². The van der Waals surface area contributed by atoms with Crippen LogP contribution in [0.1, 0.15) is 15.4 Å². The fourth-order valence-corrected chi connectivity index (χ4v) is 2.42. The lowest BCUT2D eigenvalue weighted by molar-refractivity contribution is -0.118. The van der Waals surface area contributed by atoms with Crippen LogP contribution in [0, 0.1) is 6.92 Å². The maximum Gasteiger partial charge on any atom is 0.269 e. The normalized spacial score (nSPS) is 13.1. The summed E-state index contributed by atoms with van der Waals surface area (Å²) in [5.74, 6) is -0.134. The lowest BCUT2D eigenvalue weighted by Gasteiger charge is -2.20. The number of nitrogens with two attached hydrogens (primary N) is 1. The van der Waals surface area contributed by atoms with Gasteiger partial charge in [-0.15, -0.1) is 5.10 Å². The first-order valence-electron chi connectivity index (χ1n) is 6.01. The zero-order valence-electron chi connectivity index (χ0n) is 11.0. The highest BCUT2D eigenvalue weighted by Crippen LogP contribution is 2.35. The summed E-state index contributed by atoms with van der Waals surface area (Å²) in [6, 6.07) is 3.12. The Hall–Kier alpha value is -2.68. The van der Waals surface area contributed by atoms with Crippen molar-refractivity contribution in [2.45, 2.75) is 6.92 Å². The average Bonchev–Trinajstić information content (AvgIpc) is 2.86. The quantitative estimate of drug-likeness (QED) is 0.712. The molecule has 8 nitrogen and oxygen atoms in total. The van der Waals surface area contributed by atoms with Crippen molar-refractivity contribution in [1.29, 1.82) is 0 Å². The van der Waals surface area contributed by atoms with Gasteiger partial charge in [0, 0.05) is 6.07 Å². The van der Waals surface area contributed by atoms with Crippen molar-refractivity contribution in [3.63, 3.8) is 0 Å². The molecule has 0 radical (unpaired) electrons. The summed E-state index contributed by atoms with van der Waals surface area (Å²) in [5, 5.41) is 9.11. The standard InChI is InChI=1S/C12H11N5O3S/c1-5-11(21-17-16-5)12(19)15-7-3-8-9(2-6(7)13)20-4-10(18)14-8/h2-3H,4,13H2,1H3,(H,14,18)(H,15,19). The molecule has 1 aromatic carbocycles. The van der Waals surface area contributed by atoms with Gasteiger partial charge in [0.1, 0.15) is 10.6 Å². The van der Waals surface area contributed by atoms with Gasteiger partial charge in [-0.2, -0.15) is 0 Å². The van der Waals surface area contributed by atoms with Gasteiger partial charge < -0.3 is 21.1 Å². The Kier molecular flexibility index (Phi) is 3.18. The van der Waals surface area contributed by atoms with E-state index in [9.17, 15) is 9.59 Å². The molecular weight excluding hydrogens is 294 g/mol. The van der Waals surface area contributed by atoms with Crippen LogP contribution in [0.4, 0.5) is 17.1 Å². The van der Waals surface area contributed by atoms with Gasteiger partial charge in [0.05, 0.1) is 22.8 Å². The van der Waals surface area contributed by atoms with Gasteiger partial charge in [-0.1, -0.05) is 4.49 Å². The Bertz CT molecular complexity index is 742. The number of carbonyl (C=O) groups is 2. The SMILES string of the molecule is Cc1nnsc1C(=O)Nc1cc2c(cc1N)OCC(=O)N2. The molecule has 9 heteroatoms. The van der Waals surface area contributed by atoms with Crippen LogP contribution in [0.2, 0.25) is 0 Å². The van der Waals surface area contributed by atoms with E-state index in [0.717, 1.165) is 11.5 Å². The van der Waals surface area contributed by atoms with E-state index >= 15 is 0 Å². The van der Waals surface area contributed by atoms with Crippen LogP contribution in [-0.4, -0.2) is 28.0 Å². The van der Waals surface area contributed by atoms with Crippen LogP contribution < -0.4 is 21.1 Å². The second-order valence-electron chi connectivity index (χ2n) is 4.41. The molecule has 1 aliphatic rings. The predicted molar refractivity (Wildman–Crippen MR) is 77.6 cm³/mol. The van der Waals surface area contributed by atoms with E-state index < -0.39 is 0 Å². The second kappa shape index (κ2) is 5.02. The van der Waals surface area contributed by atoms with Gasteiger partial charge in [-0.25, -0.2) is 0 Å². The van der Waals surface area contributed by atoms with Crippen LogP contribution in [0.3, 0.4) is 0 Å². The lowest BCUT2D eigenvalue weighted by atomic mass is 10.2. The molecular formula is C12H11N5O3S. The van der Waals surface area contributed by atoms with E-state index in [1.165, 1.54) is 0 Å². The molecule has 0 unspecified atom stereocenters. The number of nitrogens with one attached hydrogen (secondary N) is 2. The van der Waals surface area contributed by atoms with E-state index in [2.05, 4.69) is 20.2 Å². The number of carbonyl (C=O) groups excluding carboxylic acids is 2. The third-order valence-electron chi connectivity index (χ3n) is 2.89. The van der Waals surface area contributed by atoms with Gasteiger partial charge in [0.2, 0.25) is 0 Å². The molecule has 0 fully saturated rings. The van der Waals surface area contributed by atoms with Gasteiger partial charge in [0.15, 0.2) is 6.61 Å². The number of hydrogen-bond donors (Lipinski definition) is 3. The minimum absolute atomic E-state index is 0.0517. The van der Waals surface area contributed by atoms with Crippen molar-refractivity contribution in [2.24, 2.45) is 0 Å². The molecule has 0 saturated carbocycles. The number of ether oxygens (including phenoxy) is 1. The molecule has 1 aliphatic heterocycles. The number of aromatic nitrogens is 2. The molecule has 0 aliphatic carbocycles. The molecule has 0 spiro atoms. The van der Waals surface area contributed by atoms with E-state index in [-0.39, 0.29) is 18.4 Å². The topological polar surface area (TPSA) is 119 Å². The molecule has 0 saturated heterocycles. The highest BCUT2D eigenvalue weighted by molar-refractivity contribution is 7.08. The third kappa shape index (κ3) is 2.50. The third-order valence-corrected chi connectivity index (χ3v) is 3.72. The summed E-state index contributed by atoms with van der Waals surface area (Å²) >= 11 is 1.00. The summed E-state index contributed by atoms with van der Waals surface area (Å²) < 4.78 is 8.95. The lowest BCUT2D eigenvalue weighted by Crippen LogP contribution is -2.25. The van der Waals surface area contributed by atoms with Crippen molar-refractivity contribution < 1.29 is 14.3 Å². The number of nitrogen functional groups attached to an aromatic ring is 1. The van der Waals surface area contributed by atoms with Gasteiger partial charge in [-0.3, -0.25) is 9.59 Å². The van der Waals surface area contributed by atoms with Crippen molar-refractivity contribution in [1.82, 2.24) is 9.59 Å². The first-order chi connectivity index (χ1) is 10.0. The van der Waals surface area contributed by atoms with Crippen molar-refractivity contribution >= 4 is 40.4 Å². The Morgan fingerprint density at radius 2 is 2.33 bits per heavy atom. The fourth-order valence-electron chi connectivity index (χ4n) is 1.87. The first-order valence-corrected chi connectivity index (χ1v) is 6.78. The van der Waals surface area contributed by atoms with Gasteiger partial charge in [0.25, 0.3) is 11.8 Å². The summed E-state index contributed by atoms with van der Waals surface area (Å²) in [7, 11) is 0. The van der Waals surface area contributed by atoms with E-state index in [1.54, 1.807) is 19.1 Å². The number of benzene rings is 1. The smallest absolute Gasteiger partial charge is 0.269 e. The first kappa shape index (κ1) is 13.3. The van der Waals surface area contributed by atoms with Gasteiger partial charge >= 0.3 is 0 Å². The fraction of sp³-hybridized carbons (Fsp3) is 0.167. The van der Waals surface area contributed by atoms with E-state index in [0.29, 0.717) is 33.4 Å². The van der Waals surface area contributed by atoms with Crippen LogP contribution in [0.15, 0.2) is 12.1 Å². The minimum atomic E-state index is -0.350. The summed E-state index contributed by atoms with van der Waals surface area (Å²) in [5.41, 5.74) is 7.63. The van der Waals surface area contributed by atoms with E-state index in [1.807, 2.05) is 0 Å². The maximum atomic E-state index is 12.1. The van der Waals surface area contributed by atoms with Crippen LogP contribution in [0.5, 0.6) is 5.75 Å². The molecule has 2 aromatic rings. The number of aryl methyl sites for hydroxylation is 1. The largest absolute Gasteiger partial charge is 0.482 e. The van der Waals surface area contributed by atoms with Crippen LogP contribution in [-0.2, 0) is 4.79 Å². The van der Waals surface area contributed by atoms with Crippen molar-refractivity contribution in [2.75, 3.05) is 23.0 Å². The molecule has 21 heavy (non-hydrogen) atoms. The Balaban J connectivity index is 1.89. The monoisotopic (exact) mass is 305 g/mol. The maximum absolute atomic E-state index is 12.1. The minimum Gasteiger partial charge on any atom is -0.482 e. The second-order valence-corrected chi connectivity index (χ2v) is 5.17. The summed E-state index contributed by atoms with van der Waals surface area (Å²) in [6.45, 7) is 1.65. The summed E-state index contributed by atoms with van der Waals surface area (Å²) in [6.07, 6.45) is 0. The van der Waals surface area contributed by atoms with Crippen LogP contribution in [0.25, 0.3) is 0 Å². The molecule has 0 bridgehead atoms. The highest BCUT2D eigenvalue weighted by Gasteiger charge is 2.20. The van der Waals surface area contributed by atoms with E-state index in [4.69, 9.17) is 10.5 Å². The molecule has 0 atom stereocenters.